The zero-order valence-corrected chi connectivity index (χ0v) is 24.2. The van der Waals surface area contributed by atoms with Gasteiger partial charge in [0.2, 0.25) is 11.8 Å². The van der Waals surface area contributed by atoms with E-state index in [0.717, 1.165) is 23.2 Å². The second kappa shape index (κ2) is 15.6. The van der Waals surface area contributed by atoms with Gasteiger partial charge in [0, 0.05) is 43.1 Å². The molecule has 4 atom stereocenters. The molecule has 3 aromatic rings. The summed E-state index contributed by atoms with van der Waals surface area (Å²) in [6.45, 7) is 2.90. The Morgan fingerprint density at radius 3 is 2.19 bits per heavy atom. The third-order valence-electron chi connectivity index (χ3n) is 7.70. The van der Waals surface area contributed by atoms with E-state index >= 15 is 0 Å². The Hall–Kier alpha value is -3.60. The smallest absolute Gasteiger partial charge is 0.243 e. The highest BCUT2D eigenvalue weighted by molar-refractivity contribution is 5.90. The number of aliphatic hydroxyl groups excluding tert-OH is 1. The molecular weight excluding hydrogens is 534 g/mol. The monoisotopic (exact) mass is 575 g/mol. The number of nitrogens with zero attached hydrogens (tertiary/aromatic N) is 1. The molecule has 0 aliphatic carbocycles. The third kappa shape index (κ3) is 8.95. The fourth-order valence-corrected chi connectivity index (χ4v) is 5.07. The second-order valence-electron chi connectivity index (χ2n) is 10.8. The van der Waals surface area contributed by atoms with Gasteiger partial charge in [-0.15, -0.1) is 0 Å². The topological polar surface area (TPSA) is 120 Å². The van der Waals surface area contributed by atoms with Gasteiger partial charge in [0.15, 0.2) is 6.29 Å². The van der Waals surface area contributed by atoms with Crippen molar-refractivity contribution in [3.8, 4) is 0 Å². The van der Waals surface area contributed by atoms with Crippen molar-refractivity contribution >= 4 is 17.5 Å². The molecule has 42 heavy (non-hydrogen) atoms. The highest BCUT2D eigenvalue weighted by atomic mass is 16.7. The lowest BCUT2D eigenvalue weighted by atomic mass is 9.99. The summed E-state index contributed by atoms with van der Waals surface area (Å²) in [4.78, 5) is 25.7. The quantitative estimate of drug-likeness (QED) is 0.122. The van der Waals surface area contributed by atoms with E-state index in [4.69, 9.17) is 14.7 Å². The molecule has 0 spiro atoms. The molecule has 4 N–H and O–H groups in total. The molecule has 9 nitrogen and oxygen atoms in total. The number of hydrogen-bond acceptors (Lipinski definition) is 7. The van der Waals surface area contributed by atoms with Crippen molar-refractivity contribution in [1.29, 1.82) is 0 Å². The number of nitrogens with one attached hydrogen (secondary N) is 2. The minimum Gasteiger partial charge on any atom is -0.392 e. The Kier molecular flexibility index (Phi) is 11.6. The number of benzene rings is 3. The summed E-state index contributed by atoms with van der Waals surface area (Å²) < 4.78 is 13.0. The Balaban J connectivity index is 1.42. The number of amides is 2. The predicted octanol–water partition coefficient (Wildman–Crippen LogP) is 5.42. The number of hydroxylamine groups is 1. The highest BCUT2D eigenvalue weighted by Gasteiger charge is 2.33. The minimum absolute atomic E-state index is 0.00785. The first-order valence-electron chi connectivity index (χ1n) is 14.4. The van der Waals surface area contributed by atoms with Crippen LogP contribution in [0.3, 0.4) is 0 Å². The van der Waals surface area contributed by atoms with Gasteiger partial charge in [0.1, 0.15) is 0 Å². The number of aliphatic hydroxyl groups is 1. The maximum absolute atomic E-state index is 12.3. The van der Waals surface area contributed by atoms with Crippen LogP contribution in [0.2, 0.25) is 0 Å². The molecule has 9 heteroatoms. The Bertz CT molecular complexity index is 1270. The molecule has 0 bridgehead atoms. The number of carbonyl (C=O) groups excluding carboxylic acids is 2. The predicted molar refractivity (Wildman–Crippen MR) is 159 cm³/mol. The summed E-state index contributed by atoms with van der Waals surface area (Å²) in [5, 5.41) is 20.9. The van der Waals surface area contributed by atoms with E-state index in [1.54, 1.807) is 5.48 Å². The summed E-state index contributed by atoms with van der Waals surface area (Å²) in [6.07, 6.45) is 1.34. The lowest BCUT2D eigenvalue weighted by Gasteiger charge is -2.39. The van der Waals surface area contributed by atoms with Gasteiger partial charge < -0.3 is 19.9 Å². The van der Waals surface area contributed by atoms with Crippen molar-refractivity contribution < 1.29 is 29.4 Å². The highest BCUT2D eigenvalue weighted by Crippen LogP contribution is 2.39. The molecule has 1 aliphatic heterocycles. The molecule has 2 amide bonds. The summed E-state index contributed by atoms with van der Waals surface area (Å²) in [6, 6.07) is 25.9. The largest absolute Gasteiger partial charge is 0.392 e. The van der Waals surface area contributed by atoms with Gasteiger partial charge in [-0.3, -0.25) is 19.7 Å². The molecule has 0 saturated carbocycles. The molecule has 224 valence electrons. The molecule has 3 aromatic carbocycles. The van der Waals surface area contributed by atoms with Gasteiger partial charge in [0.05, 0.1) is 18.8 Å². The van der Waals surface area contributed by atoms with Crippen LogP contribution >= 0.6 is 0 Å². The van der Waals surface area contributed by atoms with E-state index in [9.17, 15) is 14.7 Å². The first-order chi connectivity index (χ1) is 20.4. The maximum Gasteiger partial charge on any atom is 0.243 e. The minimum atomic E-state index is -0.589. The SMILES string of the molecule is CC(c1ccccc1)N(C)CC1CC(c2ccc(CO)cc2)OC(c2ccc(NC(=O)CCCCC(=O)NO)cc2)O1. The van der Waals surface area contributed by atoms with Crippen molar-refractivity contribution in [2.24, 2.45) is 0 Å². The van der Waals surface area contributed by atoms with Crippen LogP contribution in [-0.2, 0) is 25.7 Å². The molecule has 4 rings (SSSR count). The van der Waals surface area contributed by atoms with E-state index in [1.807, 2.05) is 54.6 Å². The second-order valence-corrected chi connectivity index (χ2v) is 10.8. The molecular formula is C33H41N3O6. The van der Waals surface area contributed by atoms with E-state index in [1.165, 1.54) is 5.56 Å². The van der Waals surface area contributed by atoms with E-state index in [0.29, 0.717) is 24.9 Å². The summed E-state index contributed by atoms with van der Waals surface area (Å²) in [7, 11) is 2.11. The van der Waals surface area contributed by atoms with Crippen LogP contribution in [0.4, 0.5) is 5.69 Å². The fourth-order valence-electron chi connectivity index (χ4n) is 5.07. The fraction of sp³-hybridized carbons (Fsp3) is 0.394. The van der Waals surface area contributed by atoms with Gasteiger partial charge in [-0.05, 0) is 55.6 Å². The van der Waals surface area contributed by atoms with E-state index in [-0.39, 0.29) is 43.6 Å². The Morgan fingerprint density at radius 2 is 1.55 bits per heavy atom. The number of hydrogen-bond donors (Lipinski definition) is 4. The van der Waals surface area contributed by atoms with Crippen molar-refractivity contribution in [3.63, 3.8) is 0 Å². The van der Waals surface area contributed by atoms with Crippen molar-refractivity contribution in [2.75, 3.05) is 18.9 Å². The zero-order valence-electron chi connectivity index (χ0n) is 24.2. The first kappa shape index (κ1) is 31.3. The average molecular weight is 576 g/mol. The van der Waals surface area contributed by atoms with Crippen LogP contribution in [-0.4, -0.2) is 46.7 Å². The molecule has 4 unspecified atom stereocenters. The molecule has 1 aliphatic rings. The Labute approximate surface area is 247 Å². The average Bonchev–Trinajstić information content (AvgIpc) is 3.03. The van der Waals surface area contributed by atoms with Gasteiger partial charge >= 0.3 is 0 Å². The van der Waals surface area contributed by atoms with Crippen LogP contribution < -0.4 is 10.8 Å². The standard InChI is InChI=1S/C33H41N3O6/c1-23(25-8-4-3-5-9-25)36(2)21-29-20-30(26-14-12-24(22-37)13-15-26)42-33(41-29)27-16-18-28(19-17-27)34-31(38)10-6-7-11-32(39)35-40/h3-5,8-9,12-19,23,29-30,33,37,40H,6-7,10-11,20-22H2,1-2H3,(H,34,38)(H,35,39). The number of anilines is 1. The van der Waals surface area contributed by atoms with Gasteiger partial charge in [-0.2, -0.15) is 0 Å². The molecule has 0 aromatic heterocycles. The van der Waals surface area contributed by atoms with Crippen LogP contribution in [0.1, 0.15) is 79.7 Å². The van der Waals surface area contributed by atoms with Crippen molar-refractivity contribution in [2.45, 2.75) is 70.2 Å². The van der Waals surface area contributed by atoms with Gasteiger partial charge in [-0.25, -0.2) is 5.48 Å². The molecule has 1 heterocycles. The van der Waals surface area contributed by atoms with Crippen molar-refractivity contribution in [3.05, 3.63) is 101 Å². The number of ether oxygens (including phenoxy) is 2. The molecule has 0 radical (unpaired) electrons. The van der Waals surface area contributed by atoms with Crippen LogP contribution in [0.15, 0.2) is 78.9 Å². The number of carbonyl (C=O) groups is 2. The van der Waals surface area contributed by atoms with Gasteiger partial charge in [-0.1, -0.05) is 66.7 Å². The summed E-state index contributed by atoms with van der Waals surface area (Å²) in [5.74, 6) is -0.596. The van der Waals surface area contributed by atoms with Crippen LogP contribution in [0.5, 0.6) is 0 Å². The lowest BCUT2D eigenvalue weighted by molar-refractivity contribution is -0.253. The lowest BCUT2D eigenvalue weighted by Crippen LogP contribution is -2.38. The molecule has 1 saturated heterocycles. The van der Waals surface area contributed by atoms with E-state index < -0.39 is 12.2 Å². The number of likely N-dealkylation sites (N-methyl/N-ethyl adjacent to an activating group) is 1. The number of rotatable bonds is 13. The van der Waals surface area contributed by atoms with Gasteiger partial charge in [0.25, 0.3) is 0 Å². The summed E-state index contributed by atoms with van der Waals surface area (Å²) in [5.41, 5.74) is 6.23. The number of unbranched alkanes of at least 4 members (excludes halogenated alkanes) is 1. The van der Waals surface area contributed by atoms with Crippen LogP contribution in [0, 0.1) is 0 Å². The first-order valence-corrected chi connectivity index (χ1v) is 14.4. The zero-order chi connectivity index (χ0) is 29.9. The normalized spacial score (nSPS) is 19.3. The van der Waals surface area contributed by atoms with Crippen LogP contribution in [0.25, 0.3) is 0 Å². The molecule has 1 fully saturated rings. The van der Waals surface area contributed by atoms with Crippen molar-refractivity contribution in [1.82, 2.24) is 10.4 Å². The Morgan fingerprint density at radius 1 is 0.905 bits per heavy atom. The van der Waals surface area contributed by atoms with E-state index in [2.05, 4.69) is 48.5 Å². The maximum atomic E-state index is 12.3. The third-order valence-corrected chi connectivity index (χ3v) is 7.70. The summed E-state index contributed by atoms with van der Waals surface area (Å²) >= 11 is 0.